The van der Waals surface area contributed by atoms with Crippen LogP contribution in [0.25, 0.3) is 0 Å². The lowest BCUT2D eigenvalue weighted by atomic mass is 10.1. The Hall–Kier alpha value is -2.95. The van der Waals surface area contributed by atoms with Crippen molar-refractivity contribution < 1.29 is 27.1 Å². The van der Waals surface area contributed by atoms with Gasteiger partial charge in [0, 0.05) is 37.5 Å². The van der Waals surface area contributed by atoms with Gasteiger partial charge in [0.25, 0.3) is 0 Å². The van der Waals surface area contributed by atoms with Crippen LogP contribution in [0.3, 0.4) is 0 Å². The Morgan fingerprint density at radius 2 is 1.88 bits per heavy atom. The Morgan fingerprint density at radius 1 is 1.21 bits per heavy atom. The van der Waals surface area contributed by atoms with Gasteiger partial charge in [0.1, 0.15) is 18.0 Å². The van der Waals surface area contributed by atoms with Gasteiger partial charge in [0.05, 0.1) is 18.1 Å². The molecule has 2 heterocycles. The van der Waals surface area contributed by atoms with Crippen LogP contribution in [0.2, 0.25) is 0 Å². The van der Waals surface area contributed by atoms with E-state index in [2.05, 4.69) is 9.97 Å². The van der Waals surface area contributed by atoms with Gasteiger partial charge in [-0.2, -0.15) is 0 Å². The normalized spacial score (nSPS) is 16.9. The lowest BCUT2D eigenvalue weighted by Crippen LogP contribution is -2.55. The second-order valence-corrected chi connectivity index (χ2v) is 11.6. The number of amides is 1. The van der Waals surface area contributed by atoms with E-state index < -0.39 is 21.3 Å². The first kappa shape index (κ1) is 25.7. The maximum Gasteiger partial charge on any atom is 0.410 e. The quantitative estimate of drug-likeness (QED) is 0.603. The first-order valence-corrected chi connectivity index (χ1v) is 13.0. The van der Waals surface area contributed by atoms with Crippen LogP contribution in [-0.2, 0) is 26.9 Å². The third-order valence-electron chi connectivity index (χ3n) is 5.09. The molecule has 1 aliphatic rings. The fourth-order valence-corrected chi connectivity index (χ4v) is 4.33. The number of ether oxygens (including phenoxy) is 2. The van der Waals surface area contributed by atoms with Crippen LogP contribution in [0.4, 0.5) is 15.1 Å². The molecule has 0 radical (unpaired) electrons. The highest BCUT2D eigenvalue weighted by Crippen LogP contribution is 2.21. The number of nitrogens with zero attached hydrogens (tertiary/aromatic N) is 4. The van der Waals surface area contributed by atoms with Crippen LogP contribution in [0.1, 0.15) is 38.8 Å². The third-order valence-corrected chi connectivity index (χ3v) is 5.95. The molecular weight excluding hydrogens is 463 g/mol. The second-order valence-electron chi connectivity index (χ2n) is 9.47. The molecule has 1 aromatic carbocycles. The number of hydrogen-bond donors (Lipinski definition) is 0. The molecule has 9 nitrogen and oxygen atoms in total. The average molecular weight is 495 g/mol. The largest absolute Gasteiger partial charge is 0.486 e. The molecule has 186 valence electrons. The summed E-state index contributed by atoms with van der Waals surface area (Å²) >= 11 is 0. The Morgan fingerprint density at radius 3 is 2.44 bits per heavy atom. The van der Waals surface area contributed by atoms with E-state index in [9.17, 15) is 17.6 Å². The van der Waals surface area contributed by atoms with E-state index in [4.69, 9.17) is 9.47 Å². The number of aromatic nitrogens is 2. The Balaban J connectivity index is 1.56. The van der Waals surface area contributed by atoms with Crippen molar-refractivity contribution in [2.24, 2.45) is 0 Å². The van der Waals surface area contributed by atoms with Crippen molar-refractivity contribution in [3.8, 4) is 5.75 Å². The molecule has 1 aliphatic heterocycles. The Kier molecular flexibility index (Phi) is 7.64. The molecule has 0 saturated carbocycles. The van der Waals surface area contributed by atoms with E-state index in [0.717, 1.165) is 6.26 Å². The smallest absolute Gasteiger partial charge is 0.410 e. The summed E-state index contributed by atoms with van der Waals surface area (Å²) in [6.07, 6.45) is 3.81. The lowest BCUT2D eigenvalue weighted by molar-refractivity contribution is 0.0218. The van der Waals surface area contributed by atoms with Gasteiger partial charge in [0.15, 0.2) is 15.6 Å². The lowest BCUT2D eigenvalue weighted by Gasteiger charge is -2.40. The topological polar surface area (TPSA) is 102 Å². The van der Waals surface area contributed by atoms with Crippen molar-refractivity contribution in [2.75, 3.05) is 30.8 Å². The summed E-state index contributed by atoms with van der Waals surface area (Å²) in [6, 6.07) is 4.28. The minimum atomic E-state index is -3.24. The molecule has 2 aromatic rings. The molecule has 0 aliphatic carbocycles. The summed E-state index contributed by atoms with van der Waals surface area (Å²) < 4.78 is 48.1. The van der Waals surface area contributed by atoms with Crippen molar-refractivity contribution >= 4 is 21.9 Å². The number of carbonyl (C=O) groups is 1. The van der Waals surface area contributed by atoms with E-state index in [1.807, 2.05) is 32.6 Å². The highest BCUT2D eigenvalue weighted by atomic mass is 32.2. The van der Waals surface area contributed by atoms with E-state index in [1.54, 1.807) is 11.0 Å². The average Bonchev–Trinajstić information content (AvgIpc) is 2.71. The van der Waals surface area contributed by atoms with Gasteiger partial charge >= 0.3 is 6.09 Å². The van der Waals surface area contributed by atoms with Crippen molar-refractivity contribution in [1.29, 1.82) is 0 Å². The minimum absolute atomic E-state index is 0.00687. The van der Waals surface area contributed by atoms with Crippen molar-refractivity contribution in [2.45, 2.75) is 51.7 Å². The van der Waals surface area contributed by atoms with Crippen LogP contribution in [-0.4, -0.2) is 66.9 Å². The molecule has 1 atom stereocenters. The van der Waals surface area contributed by atoms with Gasteiger partial charge in [-0.25, -0.2) is 27.6 Å². The molecule has 0 spiro atoms. The summed E-state index contributed by atoms with van der Waals surface area (Å²) in [5.41, 5.74) is 0.142. The maximum absolute atomic E-state index is 14.3. The zero-order valence-corrected chi connectivity index (χ0v) is 20.9. The number of benzene rings is 1. The molecule has 1 saturated heterocycles. The van der Waals surface area contributed by atoms with Crippen molar-refractivity contribution in [3.63, 3.8) is 0 Å². The van der Waals surface area contributed by atoms with Crippen molar-refractivity contribution in [1.82, 2.24) is 14.9 Å². The third kappa shape index (κ3) is 7.28. The number of carbonyl (C=O) groups excluding carboxylic acids is 1. The molecule has 34 heavy (non-hydrogen) atoms. The van der Waals surface area contributed by atoms with Crippen LogP contribution in [0, 0.1) is 5.82 Å². The summed E-state index contributed by atoms with van der Waals surface area (Å²) in [6.45, 7) is 9.00. The number of piperazine rings is 1. The van der Waals surface area contributed by atoms with Crippen molar-refractivity contribution in [3.05, 3.63) is 47.5 Å². The zero-order valence-electron chi connectivity index (χ0n) is 20.1. The molecule has 1 unspecified atom stereocenters. The van der Waals surface area contributed by atoms with E-state index in [1.165, 1.54) is 24.5 Å². The standard InChI is InChI=1S/C23H31FN4O5S/c1-16-13-27(22(29)33-23(2,3)4)8-9-28(16)21-25-11-19(12-26-21)32-14-18-7-6-17(10-20(18)24)15-34(5,30)31/h6-7,10-12,16H,8-9,13-15H2,1-5H3. The fraction of sp³-hybridized carbons (Fsp3) is 0.522. The molecule has 11 heteroatoms. The number of anilines is 1. The predicted molar refractivity (Wildman–Crippen MR) is 126 cm³/mol. The number of hydrogen-bond acceptors (Lipinski definition) is 8. The van der Waals surface area contributed by atoms with E-state index in [-0.39, 0.29) is 24.5 Å². The van der Waals surface area contributed by atoms with E-state index >= 15 is 0 Å². The molecule has 1 amide bonds. The molecule has 3 rings (SSSR count). The summed E-state index contributed by atoms with van der Waals surface area (Å²) in [4.78, 5) is 24.7. The highest BCUT2D eigenvalue weighted by Gasteiger charge is 2.30. The summed E-state index contributed by atoms with van der Waals surface area (Å²) in [5, 5.41) is 0. The SMILES string of the molecule is CC1CN(C(=O)OC(C)(C)C)CCN1c1ncc(OCc2ccc(CS(C)(=O)=O)cc2F)cn1. The Labute approximate surface area is 199 Å². The fourth-order valence-electron chi connectivity index (χ4n) is 3.54. The number of sulfone groups is 1. The molecule has 1 aromatic heterocycles. The van der Waals surface area contributed by atoms with Gasteiger partial charge in [-0.15, -0.1) is 0 Å². The van der Waals surface area contributed by atoms with Gasteiger partial charge in [0.2, 0.25) is 5.95 Å². The van der Waals surface area contributed by atoms with Crippen LogP contribution in [0.15, 0.2) is 30.6 Å². The zero-order chi connectivity index (χ0) is 25.1. The van der Waals surface area contributed by atoms with Crippen LogP contribution < -0.4 is 9.64 Å². The van der Waals surface area contributed by atoms with E-state index in [0.29, 0.717) is 42.5 Å². The van der Waals surface area contributed by atoms with Gasteiger partial charge in [-0.1, -0.05) is 12.1 Å². The maximum atomic E-state index is 14.3. The highest BCUT2D eigenvalue weighted by molar-refractivity contribution is 7.89. The Bertz CT molecular complexity index is 1120. The second kappa shape index (κ2) is 10.1. The van der Waals surface area contributed by atoms with Gasteiger partial charge in [-0.05, 0) is 39.3 Å². The number of halogens is 1. The van der Waals surface area contributed by atoms with Gasteiger partial charge < -0.3 is 19.3 Å². The molecule has 1 fully saturated rings. The molecule has 0 bridgehead atoms. The summed E-state index contributed by atoms with van der Waals surface area (Å²) in [5.74, 6) is 0.143. The number of rotatable bonds is 6. The molecule has 0 N–H and O–H groups in total. The van der Waals surface area contributed by atoms with Crippen LogP contribution >= 0.6 is 0 Å². The summed E-state index contributed by atoms with van der Waals surface area (Å²) in [7, 11) is -3.24. The first-order chi connectivity index (χ1) is 15.8. The monoisotopic (exact) mass is 494 g/mol. The predicted octanol–water partition coefficient (Wildman–Crippen LogP) is 3.18. The van der Waals surface area contributed by atoms with Crippen LogP contribution in [0.5, 0.6) is 5.75 Å². The van der Waals surface area contributed by atoms with Gasteiger partial charge in [-0.3, -0.25) is 0 Å². The molecular formula is C23H31FN4O5S. The first-order valence-electron chi connectivity index (χ1n) is 11.0. The minimum Gasteiger partial charge on any atom is -0.486 e.